The molecule has 1 heterocycles. The van der Waals surface area contributed by atoms with Crippen molar-refractivity contribution in [2.24, 2.45) is 0 Å². The van der Waals surface area contributed by atoms with Gasteiger partial charge in [0.25, 0.3) is 0 Å². The minimum atomic E-state index is -0.585. The van der Waals surface area contributed by atoms with Crippen LogP contribution in [-0.2, 0) is 9.53 Å². The molecule has 0 bridgehead atoms. The number of hydrogen-bond donors (Lipinski definition) is 1. The molecule has 1 aromatic heterocycles. The van der Waals surface area contributed by atoms with Gasteiger partial charge in [0.05, 0.1) is 13.2 Å². The molecule has 112 valence electrons. The normalized spacial score (nSPS) is 26.5. The van der Waals surface area contributed by atoms with Crippen molar-refractivity contribution in [2.45, 2.75) is 58.0 Å². The third-order valence-corrected chi connectivity index (χ3v) is 4.07. The van der Waals surface area contributed by atoms with Crippen LogP contribution in [-0.4, -0.2) is 39.9 Å². The van der Waals surface area contributed by atoms with E-state index in [0.29, 0.717) is 6.42 Å². The summed E-state index contributed by atoms with van der Waals surface area (Å²) in [6.07, 6.45) is 3.52. The van der Waals surface area contributed by atoms with Gasteiger partial charge in [-0.2, -0.15) is 5.10 Å². The first-order chi connectivity index (χ1) is 9.52. The highest BCUT2D eigenvalue weighted by molar-refractivity contribution is 5.81. The van der Waals surface area contributed by atoms with Gasteiger partial charge in [0, 0.05) is 0 Å². The lowest BCUT2D eigenvalue weighted by Gasteiger charge is -2.39. The summed E-state index contributed by atoms with van der Waals surface area (Å²) >= 11 is 0. The summed E-state index contributed by atoms with van der Waals surface area (Å²) < 4.78 is 6.98. The van der Waals surface area contributed by atoms with Crippen molar-refractivity contribution in [3.05, 3.63) is 11.6 Å². The van der Waals surface area contributed by atoms with E-state index in [1.54, 1.807) is 0 Å². The Hall–Kier alpha value is -1.43. The van der Waals surface area contributed by atoms with Crippen LogP contribution >= 0.6 is 0 Å². The van der Waals surface area contributed by atoms with Gasteiger partial charge < -0.3 is 10.1 Å². The van der Waals surface area contributed by atoms with Crippen LogP contribution in [0.1, 0.15) is 50.3 Å². The van der Waals surface area contributed by atoms with Gasteiger partial charge in [-0.25, -0.2) is 9.67 Å². The van der Waals surface area contributed by atoms with Gasteiger partial charge in [-0.1, -0.05) is 6.92 Å². The highest BCUT2D eigenvalue weighted by Gasteiger charge is 2.44. The predicted molar refractivity (Wildman–Crippen MR) is 75.4 cm³/mol. The number of hydrogen-bond acceptors (Lipinski definition) is 5. The number of carbonyl (C=O) groups is 1. The second-order valence-electron chi connectivity index (χ2n) is 5.50. The Morgan fingerprint density at radius 1 is 1.55 bits per heavy atom. The van der Waals surface area contributed by atoms with E-state index >= 15 is 0 Å². The Morgan fingerprint density at radius 3 is 2.85 bits per heavy atom. The van der Waals surface area contributed by atoms with Gasteiger partial charge in [-0.15, -0.1) is 0 Å². The van der Waals surface area contributed by atoms with E-state index in [0.717, 1.165) is 37.5 Å². The van der Waals surface area contributed by atoms with Crippen LogP contribution in [0.25, 0.3) is 0 Å². The van der Waals surface area contributed by atoms with Crippen LogP contribution in [0.5, 0.6) is 0 Å². The largest absolute Gasteiger partial charge is 0.468 e. The molecule has 1 saturated carbocycles. The fourth-order valence-corrected chi connectivity index (χ4v) is 3.29. The molecule has 6 heteroatoms. The van der Waals surface area contributed by atoms with Gasteiger partial charge in [0.15, 0.2) is 0 Å². The maximum absolute atomic E-state index is 12.2. The second kappa shape index (κ2) is 5.91. The molecule has 2 rings (SSSR count). The van der Waals surface area contributed by atoms with Gasteiger partial charge in [-0.3, -0.25) is 4.79 Å². The van der Waals surface area contributed by atoms with Crippen molar-refractivity contribution < 1.29 is 9.53 Å². The topological polar surface area (TPSA) is 69.0 Å². The van der Waals surface area contributed by atoms with Crippen LogP contribution in [0.2, 0.25) is 0 Å². The molecule has 6 nitrogen and oxygen atoms in total. The molecule has 1 aliphatic rings. The maximum atomic E-state index is 12.2. The standard InChI is InChI=1S/C14H24N4O2/c1-5-15-14(13(19)20-4)8-6-7-12(9-14)18-11(3)16-10(2)17-18/h12,15H,5-9H2,1-4H3. The maximum Gasteiger partial charge on any atom is 0.326 e. The van der Waals surface area contributed by atoms with E-state index in [9.17, 15) is 4.79 Å². The average Bonchev–Trinajstić information content (AvgIpc) is 2.77. The van der Waals surface area contributed by atoms with Crippen LogP contribution in [0, 0.1) is 13.8 Å². The zero-order valence-corrected chi connectivity index (χ0v) is 12.8. The molecule has 20 heavy (non-hydrogen) atoms. The molecule has 0 saturated heterocycles. The lowest BCUT2D eigenvalue weighted by Crippen LogP contribution is -2.55. The molecule has 1 aromatic rings. The molecule has 1 aliphatic carbocycles. The number of esters is 1. The predicted octanol–water partition coefficient (Wildman–Crippen LogP) is 1.53. The van der Waals surface area contributed by atoms with E-state index in [1.807, 2.05) is 25.5 Å². The Bertz CT molecular complexity index is 482. The molecule has 0 aliphatic heterocycles. The number of aromatic nitrogens is 3. The first-order valence-electron chi connectivity index (χ1n) is 7.25. The third kappa shape index (κ3) is 2.70. The van der Waals surface area contributed by atoms with E-state index in [2.05, 4.69) is 15.4 Å². The third-order valence-electron chi connectivity index (χ3n) is 4.07. The van der Waals surface area contributed by atoms with Crippen LogP contribution in [0.3, 0.4) is 0 Å². The molecular formula is C14H24N4O2. The summed E-state index contributed by atoms with van der Waals surface area (Å²) in [5.41, 5.74) is -0.585. The average molecular weight is 280 g/mol. The van der Waals surface area contributed by atoms with Crippen LogP contribution in [0.4, 0.5) is 0 Å². The summed E-state index contributed by atoms with van der Waals surface area (Å²) in [7, 11) is 1.45. The first-order valence-corrected chi connectivity index (χ1v) is 7.25. The van der Waals surface area contributed by atoms with E-state index in [-0.39, 0.29) is 12.0 Å². The molecule has 0 radical (unpaired) electrons. The monoisotopic (exact) mass is 280 g/mol. The van der Waals surface area contributed by atoms with Crippen molar-refractivity contribution >= 4 is 5.97 Å². The van der Waals surface area contributed by atoms with Gasteiger partial charge >= 0.3 is 5.97 Å². The number of likely N-dealkylation sites (N-methyl/N-ethyl adjacent to an activating group) is 1. The number of rotatable bonds is 4. The zero-order valence-electron chi connectivity index (χ0n) is 12.8. The molecule has 2 unspecified atom stereocenters. The molecule has 0 aromatic carbocycles. The Morgan fingerprint density at radius 2 is 2.30 bits per heavy atom. The molecule has 1 N–H and O–H groups in total. The van der Waals surface area contributed by atoms with Crippen molar-refractivity contribution in [3.63, 3.8) is 0 Å². The van der Waals surface area contributed by atoms with Crippen molar-refractivity contribution in [3.8, 4) is 0 Å². The summed E-state index contributed by atoms with van der Waals surface area (Å²) in [5, 5.41) is 7.81. The van der Waals surface area contributed by atoms with Gasteiger partial charge in [0.2, 0.25) is 0 Å². The molecular weight excluding hydrogens is 256 g/mol. The minimum Gasteiger partial charge on any atom is -0.468 e. The van der Waals surface area contributed by atoms with Gasteiger partial charge in [0.1, 0.15) is 17.2 Å². The van der Waals surface area contributed by atoms with E-state index < -0.39 is 5.54 Å². The fraction of sp³-hybridized carbons (Fsp3) is 0.786. The van der Waals surface area contributed by atoms with Crippen LogP contribution < -0.4 is 5.32 Å². The van der Waals surface area contributed by atoms with Gasteiger partial charge in [-0.05, 0) is 46.1 Å². The summed E-state index contributed by atoms with van der Waals surface area (Å²) in [6, 6.07) is 0.197. The molecule has 0 amide bonds. The Balaban J connectivity index is 2.25. The number of methoxy groups -OCH3 is 1. The van der Waals surface area contributed by atoms with Crippen LogP contribution in [0.15, 0.2) is 0 Å². The highest BCUT2D eigenvalue weighted by Crippen LogP contribution is 2.36. The zero-order chi connectivity index (χ0) is 14.8. The number of nitrogens with one attached hydrogen (secondary N) is 1. The minimum absolute atomic E-state index is 0.168. The Kier molecular flexibility index (Phi) is 4.42. The quantitative estimate of drug-likeness (QED) is 0.847. The lowest BCUT2D eigenvalue weighted by molar-refractivity contribution is -0.150. The second-order valence-corrected chi connectivity index (χ2v) is 5.50. The first kappa shape index (κ1) is 15.0. The highest BCUT2D eigenvalue weighted by atomic mass is 16.5. The smallest absolute Gasteiger partial charge is 0.326 e. The van der Waals surface area contributed by atoms with Crippen molar-refractivity contribution in [1.82, 2.24) is 20.1 Å². The summed E-state index contributed by atoms with van der Waals surface area (Å²) in [4.78, 5) is 16.6. The van der Waals surface area contributed by atoms with Crippen molar-refractivity contribution in [2.75, 3.05) is 13.7 Å². The number of carbonyl (C=O) groups excluding carboxylic acids is 1. The lowest BCUT2D eigenvalue weighted by atomic mass is 9.78. The molecule has 0 spiro atoms. The Labute approximate surface area is 119 Å². The fourth-order valence-electron chi connectivity index (χ4n) is 3.29. The molecule has 2 atom stereocenters. The van der Waals surface area contributed by atoms with Crippen molar-refractivity contribution in [1.29, 1.82) is 0 Å². The summed E-state index contributed by atoms with van der Waals surface area (Å²) in [6.45, 7) is 6.61. The van der Waals surface area contributed by atoms with E-state index in [1.165, 1.54) is 7.11 Å². The number of ether oxygens (including phenoxy) is 1. The molecule has 1 fully saturated rings. The summed E-state index contributed by atoms with van der Waals surface area (Å²) in [5.74, 6) is 1.52. The SMILES string of the molecule is CCNC1(C(=O)OC)CCCC(n2nc(C)nc2C)C1. The van der Waals surface area contributed by atoms with E-state index in [4.69, 9.17) is 4.74 Å². The number of aryl methyl sites for hydroxylation is 2. The number of nitrogens with zero attached hydrogens (tertiary/aromatic N) is 3.